The maximum Gasteiger partial charge on any atom is 0.252 e. The fourth-order valence-corrected chi connectivity index (χ4v) is 4.73. The lowest BCUT2D eigenvalue weighted by Gasteiger charge is -2.35. The van der Waals surface area contributed by atoms with E-state index in [-0.39, 0.29) is 17.1 Å². The van der Waals surface area contributed by atoms with Crippen LogP contribution in [0.5, 0.6) is 0 Å². The van der Waals surface area contributed by atoms with Gasteiger partial charge < -0.3 is 9.72 Å². The molecule has 0 spiro atoms. The number of fused-ring (bicyclic) bond motifs is 1. The highest BCUT2D eigenvalue weighted by Crippen LogP contribution is 2.29. The second-order valence-corrected chi connectivity index (χ2v) is 10.2. The molecule has 0 unspecified atom stereocenters. The zero-order valence-corrected chi connectivity index (χ0v) is 21.8. The average molecular weight is 482 g/mol. The van der Waals surface area contributed by atoms with Gasteiger partial charge in [0.25, 0.3) is 5.56 Å². The van der Waals surface area contributed by atoms with Crippen LogP contribution in [0.15, 0.2) is 29.1 Å². The van der Waals surface area contributed by atoms with Gasteiger partial charge in [0, 0.05) is 43.8 Å². The molecule has 4 rings (SSSR count). The van der Waals surface area contributed by atoms with Crippen molar-refractivity contribution in [2.24, 2.45) is 0 Å². The van der Waals surface area contributed by atoms with Gasteiger partial charge in [0.05, 0.1) is 24.8 Å². The first kappa shape index (κ1) is 25.5. The van der Waals surface area contributed by atoms with Crippen LogP contribution in [0.2, 0.25) is 0 Å². The number of morpholine rings is 1. The van der Waals surface area contributed by atoms with Gasteiger partial charge in [0.15, 0.2) is 5.82 Å². The third-order valence-electron chi connectivity index (χ3n) is 7.31. The van der Waals surface area contributed by atoms with E-state index in [1.807, 2.05) is 22.9 Å². The van der Waals surface area contributed by atoms with Crippen molar-refractivity contribution in [1.29, 1.82) is 0 Å². The standard InChI is InChI=1S/C26H39N7O2/c1-6-23(24-28-29-30-33(24)26(4,5)7-2)32(11-10-31-12-14-35-15-13-31)18-21-17-20-16-19(3)8-9-22(20)27-25(21)34/h8-9,16-17,23H,6-7,10-15,18H2,1-5H3,(H,27,34)/t23-/m0/s1. The molecule has 1 N–H and O–H groups in total. The number of tetrazole rings is 1. The van der Waals surface area contributed by atoms with Gasteiger partial charge in [0.2, 0.25) is 0 Å². The Hall–Kier alpha value is -2.62. The number of aromatic nitrogens is 5. The molecule has 1 atom stereocenters. The largest absolute Gasteiger partial charge is 0.379 e. The van der Waals surface area contributed by atoms with E-state index in [1.54, 1.807) is 0 Å². The molecule has 3 aromatic rings. The number of pyridine rings is 1. The lowest BCUT2D eigenvalue weighted by Crippen LogP contribution is -2.43. The zero-order valence-electron chi connectivity index (χ0n) is 21.8. The van der Waals surface area contributed by atoms with Gasteiger partial charge in [-0.15, -0.1) is 5.10 Å². The molecule has 9 heteroatoms. The van der Waals surface area contributed by atoms with Crippen LogP contribution in [0, 0.1) is 6.92 Å². The van der Waals surface area contributed by atoms with E-state index in [1.165, 1.54) is 5.56 Å². The van der Waals surface area contributed by atoms with Crippen LogP contribution >= 0.6 is 0 Å². The number of aryl methyl sites for hydroxylation is 1. The molecule has 9 nitrogen and oxygen atoms in total. The summed E-state index contributed by atoms with van der Waals surface area (Å²) in [5.41, 5.74) is 2.57. The number of hydrogen-bond donors (Lipinski definition) is 1. The monoisotopic (exact) mass is 481 g/mol. The van der Waals surface area contributed by atoms with Crippen LogP contribution in [0.25, 0.3) is 10.9 Å². The summed E-state index contributed by atoms with van der Waals surface area (Å²) in [5, 5.41) is 14.0. The highest BCUT2D eigenvalue weighted by molar-refractivity contribution is 5.79. The molecule has 1 aliphatic heterocycles. The highest BCUT2D eigenvalue weighted by atomic mass is 16.5. The van der Waals surface area contributed by atoms with Crippen LogP contribution in [-0.4, -0.2) is 74.4 Å². The van der Waals surface area contributed by atoms with E-state index in [0.29, 0.717) is 6.54 Å². The maximum atomic E-state index is 13.1. The van der Waals surface area contributed by atoms with Crippen LogP contribution in [0.1, 0.15) is 63.5 Å². The fourth-order valence-electron chi connectivity index (χ4n) is 4.73. The van der Waals surface area contributed by atoms with Gasteiger partial charge >= 0.3 is 0 Å². The van der Waals surface area contributed by atoms with Gasteiger partial charge in [-0.3, -0.25) is 14.6 Å². The van der Waals surface area contributed by atoms with E-state index >= 15 is 0 Å². The Morgan fingerprint density at radius 3 is 2.69 bits per heavy atom. The number of nitrogens with zero attached hydrogens (tertiary/aromatic N) is 6. The van der Waals surface area contributed by atoms with E-state index < -0.39 is 0 Å². The van der Waals surface area contributed by atoms with Crippen molar-refractivity contribution in [3.05, 3.63) is 51.6 Å². The molecule has 3 heterocycles. The Labute approximate surface area is 207 Å². The zero-order chi connectivity index (χ0) is 25.0. The molecule has 0 bridgehead atoms. The maximum absolute atomic E-state index is 13.1. The molecule has 35 heavy (non-hydrogen) atoms. The number of H-pyrrole nitrogens is 1. The molecule has 190 valence electrons. The van der Waals surface area contributed by atoms with Gasteiger partial charge in [-0.2, -0.15) is 0 Å². The third kappa shape index (κ3) is 5.79. The van der Waals surface area contributed by atoms with Gasteiger partial charge in [-0.25, -0.2) is 4.68 Å². The highest BCUT2D eigenvalue weighted by Gasteiger charge is 2.31. The minimum absolute atomic E-state index is 0.00975. The molecule has 1 fully saturated rings. The first-order valence-electron chi connectivity index (χ1n) is 12.8. The summed E-state index contributed by atoms with van der Waals surface area (Å²) >= 11 is 0. The van der Waals surface area contributed by atoms with Gasteiger partial charge in [0.1, 0.15) is 0 Å². The molecule has 1 aliphatic rings. The molecular formula is C26H39N7O2. The first-order valence-corrected chi connectivity index (χ1v) is 12.8. The van der Waals surface area contributed by atoms with Crippen LogP contribution in [0.4, 0.5) is 0 Å². The third-order valence-corrected chi connectivity index (χ3v) is 7.31. The number of hydrogen-bond acceptors (Lipinski definition) is 7. The van der Waals surface area contributed by atoms with Crippen LogP contribution < -0.4 is 5.56 Å². The van der Waals surface area contributed by atoms with Crippen LogP contribution in [-0.2, 0) is 16.8 Å². The Morgan fingerprint density at radius 1 is 1.20 bits per heavy atom. The number of aromatic amines is 1. The van der Waals surface area contributed by atoms with Crippen molar-refractivity contribution < 1.29 is 4.74 Å². The van der Waals surface area contributed by atoms with Crippen molar-refractivity contribution >= 4 is 10.9 Å². The molecule has 1 aromatic carbocycles. The Bertz CT molecular complexity index is 1180. The Balaban J connectivity index is 1.68. The van der Waals surface area contributed by atoms with Crippen molar-refractivity contribution in [2.45, 2.75) is 65.6 Å². The van der Waals surface area contributed by atoms with Gasteiger partial charge in [-0.05, 0) is 67.6 Å². The topological polar surface area (TPSA) is 92.2 Å². The van der Waals surface area contributed by atoms with Gasteiger partial charge in [-0.1, -0.05) is 25.5 Å². The smallest absolute Gasteiger partial charge is 0.252 e. The molecule has 0 saturated carbocycles. The van der Waals surface area contributed by atoms with Crippen molar-refractivity contribution in [2.75, 3.05) is 39.4 Å². The van der Waals surface area contributed by atoms with E-state index in [0.717, 1.165) is 74.5 Å². The average Bonchev–Trinajstić information content (AvgIpc) is 3.35. The van der Waals surface area contributed by atoms with Crippen LogP contribution in [0.3, 0.4) is 0 Å². The minimum Gasteiger partial charge on any atom is -0.379 e. The molecule has 0 aliphatic carbocycles. The number of ether oxygens (including phenoxy) is 1. The Kier molecular flexibility index (Phi) is 7.98. The molecular weight excluding hydrogens is 442 g/mol. The number of benzene rings is 1. The predicted molar refractivity (Wildman–Crippen MR) is 137 cm³/mol. The summed E-state index contributed by atoms with van der Waals surface area (Å²) in [6.45, 7) is 16.4. The lowest BCUT2D eigenvalue weighted by molar-refractivity contribution is 0.0289. The summed E-state index contributed by atoms with van der Waals surface area (Å²) in [6, 6.07) is 8.14. The summed E-state index contributed by atoms with van der Waals surface area (Å²) < 4.78 is 7.50. The molecule has 0 radical (unpaired) electrons. The van der Waals surface area contributed by atoms with E-state index in [2.05, 4.69) is 71.0 Å². The van der Waals surface area contributed by atoms with Crippen molar-refractivity contribution in [3.8, 4) is 0 Å². The van der Waals surface area contributed by atoms with Crippen molar-refractivity contribution in [1.82, 2.24) is 35.0 Å². The minimum atomic E-state index is -0.194. The SMILES string of the molecule is CC[C@@H](c1nnnn1C(C)(C)CC)N(CCN1CCOCC1)Cc1cc2cc(C)ccc2[nH]c1=O. The normalized spacial score (nSPS) is 16.3. The summed E-state index contributed by atoms with van der Waals surface area (Å²) in [5.74, 6) is 0.856. The summed E-state index contributed by atoms with van der Waals surface area (Å²) in [4.78, 5) is 21.0. The summed E-state index contributed by atoms with van der Waals surface area (Å²) in [6.07, 6.45) is 1.76. The number of nitrogens with one attached hydrogen (secondary N) is 1. The second-order valence-electron chi connectivity index (χ2n) is 10.2. The van der Waals surface area contributed by atoms with E-state index in [4.69, 9.17) is 4.74 Å². The van der Waals surface area contributed by atoms with E-state index in [9.17, 15) is 4.79 Å². The number of rotatable bonds is 10. The molecule has 2 aromatic heterocycles. The molecule has 0 amide bonds. The lowest BCUT2D eigenvalue weighted by atomic mass is 10.0. The predicted octanol–water partition coefficient (Wildman–Crippen LogP) is 3.25. The summed E-state index contributed by atoms with van der Waals surface area (Å²) in [7, 11) is 0. The Morgan fingerprint density at radius 2 is 1.97 bits per heavy atom. The fraction of sp³-hybridized carbons (Fsp3) is 0.615. The van der Waals surface area contributed by atoms with Crippen molar-refractivity contribution in [3.63, 3.8) is 0 Å². The second kappa shape index (κ2) is 11.0. The molecule has 1 saturated heterocycles. The quantitative estimate of drug-likeness (QED) is 0.475. The first-order chi connectivity index (χ1) is 16.8.